The molecule has 0 spiro atoms. The smallest absolute Gasteiger partial charge is 0.420 e. The van der Waals surface area contributed by atoms with Gasteiger partial charge in [-0.3, -0.25) is 4.79 Å². The highest BCUT2D eigenvalue weighted by Gasteiger charge is 2.36. The molecular formula is C21H22F3NO3. The second-order valence-corrected chi connectivity index (χ2v) is 6.66. The van der Waals surface area contributed by atoms with E-state index in [1.807, 2.05) is 13.8 Å². The second kappa shape index (κ2) is 9.30. The number of phenolic OH excluding ortho intramolecular Hbond substituents is 1. The third kappa shape index (κ3) is 6.33. The Bertz CT molecular complexity index is 831. The normalized spacial score (nSPS) is 11.8. The van der Waals surface area contributed by atoms with E-state index in [4.69, 9.17) is 4.74 Å². The molecule has 0 atom stereocenters. The van der Waals surface area contributed by atoms with E-state index in [1.54, 1.807) is 30.3 Å². The number of halogens is 3. The van der Waals surface area contributed by atoms with Crippen molar-refractivity contribution >= 4 is 12.0 Å². The molecule has 4 nitrogen and oxygen atoms in total. The zero-order valence-corrected chi connectivity index (χ0v) is 15.6. The van der Waals surface area contributed by atoms with Gasteiger partial charge in [0.25, 0.3) is 0 Å². The van der Waals surface area contributed by atoms with Gasteiger partial charge in [0.2, 0.25) is 5.91 Å². The number of nitrogens with one attached hydrogen (secondary N) is 1. The SMILES string of the molecule is CC(C)CNC(=O)/C=C/c1cc(O)c(OCc2ccccc2)c(C(F)(F)F)c1. The van der Waals surface area contributed by atoms with Crippen LogP contribution < -0.4 is 10.1 Å². The first-order chi connectivity index (χ1) is 13.2. The van der Waals surface area contributed by atoms with Gasteiger partial charge in [0.15, 0.2) is 11.5 Å². The van der Waals surface area contributed by atoms with E-state index in [0.717, 1.165) is 18.2 Å². The highest BCUT2D eigenvalue weighted by atomic mass is 19.4. The van der Waals surface area contributed by atoms with Crippen LogP contribution in [0.3, 0.4) is 0 Å². The number of ether oxygens (including phenoxy) is 1. The van der Waals surface area contributed by atoms with Gasteiger partial charge in [0.1, 0.15) is 12.2 Å². The number of amides is 1. The van der Waals surface area contributed by atoms with Crippen molar-refractivity contribution in [2.45, 2.75) is 26.6 Å². The summed E-state index contributed by atoms with van der Waals surface area (Å²) in [7, 11) is 0. The summed E-state index contributed by atoms with van der Waals surface area (Å²) >= 11 is 0. The minimum absolute atomic E-state index is 0.0385. The number of phenols is 1. The van der Waals surface area contributed by atoms with E-state index in [9.17, 15) is 23.1 Å². The van der Waals surface area contributed by atoms with Gasteiger partial charge in [-0.15, -0.1) is 0 Å². The summed E-state index contributed by atoms with van der Waals surface area (Å²) in [6.07, 6.45) is -2.39. The molecule has 0 aliphatic rings. The highest BCUT2D eigenvalue weighted by Crippen LogP contribution is 2.42. The van der Waals surface area contributed by atoms with Crippen LogP contribution >= 0.6 is 0 Å². The topological polar surface area (TPSA) is 58.6 Å². The van der Waals surface area contributed by atoms with Crippen molar-refractivity contribution in [3.05, 3.63) is 65.2 Å². The lowest BCUT2D eigenvalue weighted by Gasteiger charge is -2.16. The Morgan fingerprint density at radius 1 is 1.21 bits per heavy atom. The third-order valence-electron chi connectivity index (χ3n) is 3.73. The minimum atomic E-state index is -4.73. The molecule has 7 heteroatoms. The van der Waals surface area contributed by atoms with E-state index < -0.39 is 29.1 Å². The van der Waals surface area contributed by atoms with E-state index in [1.165, 1.54) is 6.08 Å². The Kier molecular flexibility index (Phi) is 7.09. The summed E-state index contributed by atoms with van der Waals surface area (Å²) in [5, 5.41) is 12.7. The summed E-state index contributed by atoms with van der Waals surface area (Å²) in [6, 6.07) is 10.6. The van der Waals surface area contributed by atoms with Crippen molar-refractivity contribution in [2.24, 2.45) is 5.92 Å². The molecule has 28 heavy (non-hydrogen) atoms. The predicted molar refractivity (Wildman–Crippen MR) is 101 cm³/mol. The monoisotopic (exact) mass is 393 g/mol. The lowest BCUT2D eigenvalue weighted by atomic mass is 10.1. The van der Waals surface area contributed by atoms with Gasteiger partial charge >= 0.3 is 6.18 Å². The zero-order valence-electron chi connectivity index (χ0n) is 15.6. The number of alkyl halides is 3. The molecule has 150 valence electrons. The molecule has 2 rings (SSSR count). The van der Waals surface area contributed by atoms with Crippen LogP contribution in [0.5, 0.6) is 11.5 Å². The molecule has 0 aliphatic heterocycles. The van der Waals surface area contributed by atoms with E-state index >= 15 is 0 Å². The standard InChI is InChI=1S/C21H22F3NO3/c1-14(2)12-25-19(27)9-8-16-10-17(21(22,23)24)20(18(26)11-16)28-13-15-6-4-3-5-7-15/h3-11,14,26H,12-13H2,1-2H3,(H,25,27)/b9-8+. The molecule has 0 fully saturated rings. The van der Waals surface area contributed by atoms with Crippen molar-refractivity contribution in [2.75, 3.05) is 6.54 Å². The number of carbonyl (C=O) groups excluding carboxylic acids is 1. The number of hydrogen-bond acceptors (Lipinski definition) is 3. The molecule has 0 aliphatic carbocycles. The van der Waals surface area contributed by atoms with Gasteiger partial charge < -0.3 is 15.2 Å². The van der Waals surface area contributed by atoms with Crippen LogP contribution in [-0.2, 0) is 17.6 Å². The maximum absolute atomic E-state index is 13.4. The fourth-order valence-electron chi connectivity index (χ4n) is 2.36. The summed E-state index contributed by atoms with van der Waals surface area (Å²) in [5.41, 5.74) is -0.400. The summed E-state index contributed by atoms with van der Waals surface area (Å²) in [5.74, 6) is -1.46. The number of rotatable bonds is 7. The van der Waals surface area contributed by atoms with Crippen LogP contribution in [0.25, 0.3) is 6.08 Å². The Labute approximate surface area is 161 Å². The molecule has 0 unspecified atom stereocenters. The van der Waals surface area contributed by atoms with Gasteiger partial charge in [-0.25, -0.2) is 0 Å². The molecule has 0 radical (unpaired) electrons. The Morgan fingerprint density at radius 3 is 2.50 bits per heavy atom. The first-order valence-electron chi connectivity index (χ1n) is 8.73. The molecule has 2 aromatic rings. The molecule has 2 aromatic carbocycles. The molecule has 0 saturated carbocycles. The molecular weight excluding hydrogens is 371 g/mol. The minimum Gasteiger partial charge on any atom is -0.504 e. The fourth-order valence-corrected chi connectivity index (χ4v) is 2.36. The summed E-state index contributed by atoms with van der Waals surface area (Å²) in [4.78, 5) is 11.7. The fraction of sp³-hybridized carbons (Fsp3) is 0.286. The average molecular weight is 393 g/mol. The van der Waals surface area contributed by atoms with E-state index in [2.05, 4.69) is 5.32 Å². The molecule has 2 N–H and O–H groups in total. The lowest BCUT2D eigenvalue weighted by Crippen LogP contribution is -2.25. The number of carbonyl (C=O) groups is 1. The molecule has 1 amide bonds. The van der Waals surface area contributed by atoms with Gasteiger partial charge in [-0.2, -0.15) is 13.2 Å². The second-order valence-electron chi connectivity index (χ2n) is 6.66. The van der Waals surface area contributed by atoms with Crippen LogP contribution in [0.15, 0.2) is 48.5 Å². The maximum atomic E-state index is 13.4. The number of aromatic hydroxyl groups is 1. The number of hydrogen-bond donors (Lipinski definition) is 2. The lowest BCUT2D eigenvalue weighted by molar-refractivity contribution is -0.139. The van der Waals surface area contributed by atoms with E-state index in [-0.39, 0.29) is 18.1 Å². The molecule has 0 aromatic heterocycles. The largest absolute Gasteiger partial charge is 0.504 e. The van der Waals surface area contributed by atoms with Gasteiger partial charge in [-0.05, 0) is 35.3 Å². The van der Waals surface area contributed by atoms with Crippen LogP contribution in [0.4, 0.5) is 13.2 Å². The summed E-state index contributed by atoms with van der Waals surface area (Å²) < 4.78 is 45.6. The molecule has 0 bridgehead atoms. The van der Waals surface area contributed by atoms with Crippen LogP contribution in [0.2, 0.25) is 0 Å². The zero-order chi connectivity index (χ0) is 20.7. The predicted octanol–water partition coefficient (Wildman–Crippen LogP) is 4.78. The molecule has 0 saturated heterocycles. The number of benzene rings is 2. The molecule has 0 heterocycles. The first-order valence-corrected chi connectivity index (χ1v) is 8.73. The Balaban J connectivity index is 2.24. The van der Waals surface area contributed by atoms with Crippen molar-refractivity contribution in [1.29, 1.82) is 0 Å². The Morgan fingerprint density at radius 2 is 1.89 bits per heavy atom. The van der Waals surface area contributed by atoms with E-state index in [0.29, 0.717) is 12.1 Å². The van der Waals surface area contributed by atoms with Gasteiger partial charge in [0.05, 0.1) is 0 Å². The van der Waals surface area contributed by atoms with Gasteiger partial charge in [-0.1, -0.05) is 44.2 Å². The van der Waals surface area contributed by atoms with Crippen molar-refractivity contribution in [3.8, 4) is 11.5 Å². The highest BCUT2D eigenvalue weighted by molar-refractivity contribution is 5.91. The van der Waals surface area contributed by atoms with Crippen LogP contribution in [0.1, 0.15) is 30.5 Å². The van der Waals surface area contributed by atoms with Crippen LogP contribution in [0, 0.1) is 5.92 Å². The van der Waals surface area contributed by atoms with Crippen molar-refractivity contribution < 1.29 is 27.8 Å². The van der Waals surface area contributed by atoms with Gasteiger partial charge in [0, 0.05) is 12.6 Å². The Hall–Kier alpha value is -2.96. The summed E-state index contributed by atoms with van der Waals surface area (Å²) in [6.45, 7) is 4.18. The van der Waals surface area contributed by atoms with Crippen molar-refractivity contribution in [1.82, 2.24) is 5.32 Å². The quantitative estimate of drug-likeness (QED) is 0.666. The van der Waals surface area contributed by atoms with Crippen molar-refractivity contribution in [3.63, 3.8) is 0 Å². The maximum Gasteiger partial charge on any atom is 0.420 e. The average Bonchev–Trinajstić information content (AvgIpc) is 2.63. The third-order valence-corrected chi connectivity index (χ3v) is 3.73. The van der Waals surface area contributed by atoms with Crippen LogP contribution in [-0.4, -0.2) is 17.6 Å². The first kappa shape index (κ1) is 21.3.